The Morgan fingerprint density at radius 2 is 1.84 bits per heavy atom. The molecule has 2 unspecified atom stereocenters. The van der Waals surface area contributed by atoms with Gasteiger partial charge in [0.25, 0.3) is 0 Å². The third-order valence-electron chi connectivity index (χ3n) is 7.56. The van der Waals surface area contributed by atoms with Crippen LogP contribution in [0.3, 0.4) is 0 Å². The summed E-state index contributed by atoms with van der Waals surface area (Å²) in [5.41, 5.74) is 5.71. The van der Waals surface area contributed by atoms with E-state index in [0.29, 0.717) is 41.7 Å². The fourth-order valence-electron chi connectivity index (χ4n) is 5.38. The van der Waals surface area contributed by atoms with Crippen molar-refractivity contribution in [1.29, 1.82) is 0 Å². The molecule has 4 N–H and O–H groups in total. The average Bonchev–Trinajstić information content (AvgIpc) is 3.57. The van der Waals surface area contributed by atoms with E-state index in [2.05, 4.69) is 27.0 Å². The minimum Gasteiger partial charge on any atom is -0.383 e. The molecule has 10 nitrogen and oxygen atoms in total. The normalized spacial score (nSPS) is 19.5. The molecular weight excluding hydrogens is 484 g/mol. The molecule has 1 saturated carbocycles. The fraction of sp³-hybridized carbons (Fsp3) is 0.429. The number of ether oxygens (including phenoxy) is 1. The summed E-state index contributed by atoms with van der Waals surface area (Å²) >= 11 is 0. The van der Waals surface area contributed by atoms with Crippen LogP contribution < -0.4 is 5.73 Å². The Morgan fingerprint density at radius 1 is 1.08 bits per heavy atom. The van der Waals surface area contributed by atoms with Crippen LogP contribution in [0.4, 0.5) is 5.95 Å². The van der Waals surface area contributed by atoms with Crippen LogP contribution >= 0.6 is 0 Å². The van der Waals surface area contributed by atoms with Gasteiger partial charge in [-0.3, -0.25) is 0 Å². The quantitative estimate of drug-likeness (QED) is 0.342. The van der Waals surface area contributed by atoms with E-state index in [-0.39, 0.29) is 17.8 Å². The van der Waals surface area contributed by atoms with Crippen molar-refractivity contribution in [3.8, 4) is 17.7 Å². The average molecular weight is 515 g/mol. The second-order valence-electron chi connectivity index (χ2n) is 10.4. The summed E-state index contributed by atoms with van der Waals surface area (Å²) in [4.78, 5) is 8.41. The SMILES string of the molecule is Cc1cc(C(C)(O)C#Cc2ccc3c(C(O)(C4CCOCC4)C4CC4)nn(-c4ccnc(N)n4)c3c2)no1. The van der Waals surface area contributed by atoms with Gasteiger partial charge in [-0.05, 0) is 69.6 Å². The number of aliphatic hydroxyl groups is 2. The van der Waals surface area contributed by atoms with Crippen LogP contribution in [0.1, 0.15) is 55.3 Å². The monoisotopic (exact) mass is 514 g/mol. The van der Waals surface area contributed by atoms with Gasteiger partial charge in [-0.15, -0.1) is 0 Å². The molecule has 0 radical (unpaired) electrons. The van der Waals surface area contributed by atoms with E-state index in [1.165, 1.54) is 0 Å². The van der Waals surface area contributed by atoms with Crippen LogP contribution in [-0.2, 0) is 15.9 Å². The summed E-state index contributed by atoms with van der Waals surface area (Å²) in [6.07, 6.45) is 5.06. The number of fused-ring (bicyclic) bond motifs is 1. The molecule has 2 fully saturated rings. The smallest absolute Gasteiger partial charge is 0.221 e. The summed E-state index contributed by atoms with van der Waals surface area (Å²) in [5.74, 6) is 7.37. The maximum atomic E-state index is 12.3. The lowest BCUT2D eigenvalue weighted by molar-refractivity contribution is -0.0879. The number of hydrogen-bond donors (Lipinski definition) is 3. The maximum absolute atomic E-state index is 12.3. The van der Waals surface area contributed by atoms with E-state index >= 15 is 0 Å². The Labute approximate surface area is 219 Å². The van der Waals surface area contributed by atoms with E-state index in [0.717, 1.165) is 36.6 Å². The van der Waals surface area contributed by atoms with Crippen LogP contribution in [-0.4, -0.2) is 48.3 Å². The number of aryl methyl sites for hydroxylation is 1. The van der Waals surface area contributed by atoms with Gasteiger partial charge in [-0.1, -0.05) is 17.0 Å². The van der Waals surface area contributed by atoms with Crippen molar-refractivity contribution < 1.29 is 19.5 Å². The third-order valence-corrected chi connectivity index (χ3v) is 7.56. The number of benzene rings is 1. The Balaban J connectivity index is 1.49. The Bertz CT molecular complexity index is 1550. The van der Waals surface area contributed by atoms with Crippen LogP contribution in [0.15, 0.2) is 41.1 Å². The molecule has 196 valence electrons. The Morgan fingerprint density at radius 3 is 2.53 bits per heavy atom. The summed E-state index contributed by atoms with van der Waals surface area (Å²) < 4.78 is 12.4. The second kappa shape index (κ2) is 9.20. The zero-order valence-corrected chi connectivity index (χ0v) is 21.4. The number of nitrogens with two attached hydrogens (primary N) is 1. The molecule has 1 aliphatic carbocycles. The first-order valence-electron chi connectivity index (χ1n) is 12.9. The van der Waals surface area contributed by atoms with E-state index < -0.39 is 11.2 Å². The number of rotatable bonds is 5. The van der Waals surface area contributed by atoms with Gasteiger partial charge in [-0.25, -0.2) is 9.67 Å². The van der Waals surface area contributed by atoms with Crippen molar-refractivity contribution in [2.24, 2.45) is 11.8 Å². The third kappa shape index (κ3) is 4.32. The number of nitrogen functional groups attached to an aromatic ring is 1. The molecule has 4 heterocycles. The molecule has 0 amide bonds. The first-order valence-corrected chi connectivity index (χ1v) is 12.9. The Kier molecular flexibility index (Phi) is 5.94. The van der Waals surface area contributed by atoms with Crippen molar-refractivity contribution >= 4 is 16.9 Å². The zero-order valence-electron chi connectivity index (χ0n) is 21.4. The van der Waals surface area contributed by atoms with Crippen molar-refractivity contribution in [3.63, 3.8) is 0 Å². The largest absolute Gasteiger partial charge is 0.383 e. The topological polar surface area (TPSA) is 145 Å². The summed E-state index contributed by atoms with van der Waals surface area (Å²) in [6, 6.07) is 9.09. The highest BCUT2D eigenvalue weighted by atomic mass is 16.5. The van der Waals surface area contributed by atoms with Gasteiger partial charge in [-0.2, -0.15) is 10.1 Å². The molecule has 4 aromatic rings. The van der Waals surface area contributed by atoms with Crippen molar-refractivity contribution in [2.75, 3.05) is 18.9 Å². The van der Waals surface area contributed by atoms with Crippen LogP contribution in [0, 0.1) is 30.6 Å². The van der Waals surface area contributed by atoms with Gasteiger partial charge in [0, 0.05) is 42.5 Å². The first-order chi connectivity index (χ1) is 18.3. The van der Waals surface area contributed by atoms with Gasteiger partial charge in [0.2, 0.25) is 5.95 Å². The molecule has 0 bridgehead atoms. The molecule has 2 aliphatic rings. The van der Waals surface area contributed by atoms with Crippen molar-refractivity contribution in [3.05, 3.63) is 59.2 Å². The molecule has 1 aliphatic heterocycles. The van der Waals surface area contributed by atoms with Crippen molar-refractivity contribution in [2.45, 2.75) is 50.7 Å². The van der Waals surface area contributed by atoms with Crippen LogP contribution in [0.2, 0.25) is 0 Å². The standard InChI is InChI=1S/C28H30N6O4/c1-17-15-23(33-38-17)27(2,35)11-7-18-3-6-21-22(16-18)34(24-8-12-30-26(29)31-24)32-25(21)28(36,19-4-5-19)20-9-13-37-14-10-20/h3,6,8,12,15-16,19-20,35-36H,4-5,9-10,13-14H2,1-2H3,(H2,29,30,31). The van der Waals surface area contributed by atoms with E-state index in [4.69, 9.17) is 20.1 Å². The zero-order chi connectivity index (χ0) is 26.5. The van der Waals surface area contributed by atoms with Gasteiger partial charge in [0.1, 0.15) is 22.7 Å². The lowest BCUT2D eigenvalue weighted by atomic mass is 9.75. The molecule has 38 heavy (non-hydrogen) atoms. The highest BCUT2D eigenvalue weighted by Gasteiger charge is 2.53. The minimum atomic E-state index is -1.49. The predicted molar refractivity (Wildman–Crippen MR) is 139 cm³/mol. The second-order valence-corrected chi connectivity index (χ2v) is 10.4. The number of anilines is 1. The van der Waals surface area contributed by atoms with E-state index in [9.17, 15) is 10.2 Å². The number of hydrogen-bond acceptors (Lipinski definition) is 9. The summed E-state index contributed by atoms with van der Waals surface area (Å²) in [5, 5.41) is 32.9. The maximum Gasteiger partial charge on any atom is 0.221 e. The number of aromatic nitrogens is 5. The van der Waals surface area contributed by atoms with Gasteiger partial charge in [0.05, 0.1) is 5.52 Å². The van der Waals surface area contributed by atoms with Gasteiger partial charge >= 0.3 is 0 Å². The highest BCUT2D eigenvalue weighted by molar-refractivity contribution is 5.85. The lowest BCUT2D eigenvalue weighted by Crippen LogP contribution is -2.41. The molecule has 1 aromatic carbocycles. The molecule has 1 saturated heterocycles. The molecule has 2 atom stereocenters. The minimum absolute atomic E-state index is 0.0475. The summed E-state index contributed by atoms with van der Waals surface area (Å²) in [7, 11) is 0. The Hall–Kier alpha value is -3.78. The molecule has 6 rings (SSSR count). The summed E-state index contributed by atoms with van der Waals surface area (Å²) in [6.45, 7) is 4.60. The van der Waals surface area contributed by atoms with Crippen LogP contribution in [0.25, 0.3) is 16.7 Å². The predicted octanol–water partition coefficient (Wildman–Crippen LogP) is 2.98. The lowest BCUT2D eigenvalue weighted by Gasteiger charge is -2.38. The van der Waals surface area contributed by atoms with E-state index in [1.54, 1.807) is 36.9 Å². The van der Waals surface area contributed by atoms with Gasteiger partial charge < -0.3 is 25.2 Å². The van der Waals surface area contributed by atoms with Gasteiger partial charge in [0.15, 0.2) is 11.4 Å². The number of nitrogens with zero attached hydrogens (tertiary/aromatic N) is 5. The van der Waals surface area contributed by atoms with E-state index in [1.807, 2.05) is 18.2 Å². The van der Waals surface area contributed by atoms with Crippen LogP contribution in [0.5, 0.6) is 0 Å². The first kappa shape index (κ1) is 24.6. The molecular formula is C28H30N6O4. The highest BCUT2D eigenvalue weighted by Crippen LogP contribution is 2.53. The molecule has 3 aromatic heterocycles. The fourth-order valence-corrected chi connectivity index (χ4v) is 5.38. The molecule has 0 spiro atoms. The van der Waals surface area contributed by atoms with Crippen molar-refractivity contribution in [1.82, 2.24) is 24.9 Å². The molecule has 10 heteroatoms.